The van der Waals surface area contributed by atoms with Crippen molar-refractivity contribution in [2.45, 2.75) is 12.6 Å². The first kappa shape index (κ1) is 29.4. The van der Waals surface area contributed by atoms with Gasteiger partial charge >= 0.3 is 12.1 Å². The number of aromatic carboxylic acids is 1. The summed E-state index contributed by atoms with van der Waals surface area (Å²) in [4.78, 5) is 30.3. The molecule has 0 spiro atoms. The van der Waals surface area contributed by atoms with E-state index in [2.05, 4.69) is 4.98 Å². The Hall–Kier alpha value is -3.61. The molecule has 1 fully saturated rings. The van der Waals surface area contributed by atoms with Crippen LogP contribution < -0.4 is 9.47 Å². The summed E-state index contributed by atoms with van der Waals surface area (Å²) < 4.78 is 50.8. The first-order valence-electron chi connectivity index (χ1n) is 11.6. The first-order valence-corrected chi connectivity index (χ1v) is 13.2. The Balaban J connectivity index is 1.42. The zero-order valence-corrected chi connectivity index (χ0v) is 23.1. The van der Waals surface area contributed by atoms with Crippen molar-refractivity contribution in [3.63, 3.8) is 0 Å². The van der Waals surface area contributed by atoms with E-state index in [0.29, 0.717) is 27.1 Å². The number of nitrogens with zero attached hydrogens (tertiary/aromatic N) is 2. The van der Waals surface area contributed by atoms with Crippen LogP contribution in [0.15, 0.2) is 59.5 Å². The number of amides is 1. The highest BCUT2D eigenvalue weighted by molar-refractivity contribution is 8.26. The number of carboxylic acid groups (broad SMARTS) is 1. The molecule has 1 aromatic heterocycles. The van der Waals surface area contributed by atoms with Crippen molar-refractivity contribution in [1.29, 1.82) is 0 Å². The molecule has 40 heavy (non-hydrogen) atoms. The molecular formula is C27H20ClF3N2O5S2. The minimum absolute atomic E-state index is 0.0616. The number of alkyl halides is 3. The molecule has 1 amide bonds. The second-order valence-electron chi connectivity index (χ2n) is 8.35. The largest absolute Gasteiger partial charge is 0.493 e. The Morgan fingerprint density at radius 2 is 1.95 bits per heavy atom. The highest BCUT2D eigenvalue weighted by atomic mass is 35.5. The van der Waals surface area contributed by atoms with Gasteiger partial charge in [-0.15, -0.1) is 0 Å². The Morgan fingerprint density at radius 3 is 2.65 bits per heavy atom. The molecule has 13 heteroatoms. The number of benzene rings is 2. The molecule has 2 aromatic carbocycles. The molecule has 1 saturated heterocycles. The van der Waals surface area contributed by atoms with Crippen LogP contribution >= 0.6 is 35.6 Å². The van der Waals surface area contributed by atoms with Gasteiger partial charge in [-0.1, -0.05) is 41.6 Å². The number of thiocarbonyl (C=S) groups is 1. The highest BCUT2D eigenvalue weighted by Crippen LogP contribution is 2.36. The van der Waals surface area contributed by atoms with Crippen molar-refractivity contribution in [1.82, 2.24) is 9.88 Å². The lowest BCUT2D eigenvalue weighted by molar-refractivity contribution is -0.137. The van der Waals surface area contributed by atoms with Crippen LogP contribution in [-0.2, 0) is 11.0 Å². The van der Waals surface area contributed by atoms with Crippen LogP contribution in [0, 0.1) is 0 Å². The maximum Gasteiger partial charge on any atom is 0.416 e. The molecule has 1 aliphatic rings. The maximum atomic E-state index is 13.2. The third-order valence-corrected chi connectivity index (χ3v) is 7.39. The van der Waals surface area contributed by atoms with Crippen LogP contribution in [0.4, 0.5) is 13.2 Å². The van der Waals surface area contributed by atoms with Gasteiger partial charge in [0.15, 0.2) is 11.5 Å². The SMILES string of the molecule is COc1cc(C(=O)O)ccc1OCCCN1C(=O)C(=Cc2cccc(-c3cc(C(F)(F)F)ccc3Cl)n2)SC1=S. The number of carbonyl (C=O) groups excluding carboxylic acids is 1. The van der Waals surface area contributed by atoms with Crippen LogP contribution in [0.1, 0.15) is 28.0 Å². The number of carboxylic acids is 1. The minimum Gasteiger partial charge on any atom is -0.493 e. The van der Waals surface area contributed by atoms with Crippen molar-refractivity contribution in [2.75, 3.05) is 20.3 Å². The summed E-state index contributed by atoms with van der Waals surface area (Å²) in [6.07, 6.45) is -2.59. The van der Waals surface area contributed by atoms with E-state index in [0.717, 1.165) is 23.9 Å². The molecular weight excluding hydrogens is 589 g/mol. The van der Waals surface area contributed by atoms with Gasteiger partial charge in [-0.25, -0.2) is 9.78 Å². The second-order valence-corrected chi connectivity index (χ2v) is 10.4. The number of hydrogen-bond donors (Lipinski definition) is 1. The van der Waals surface area contributed by atoms with Crippen LogP contribution in [0.25, 0.3) is 17.3 Å². The van der Waals surface area contributed by atoms with Crippen LogP contribution in [0.2, 0.25) is 5.02 Å². The zero-order valence-electron chi connectivity index (χ0n) is 20.7. The molecule has 0 aliphatic carbocycles. The summed E-state index contributed by atoms with van der Waals surface area (Å²) in [6.45, 7) is 0.477. The lowest BCUT2D eigenvalue weighted by Crippen LogP contribution is -2.30. The summed E-state index contributed by atoms with van der Waals surface area (Å²) in [5.41, 5.74) is -0.0873. The first-order chi connectivity index (χ1) is 19.0. The maximum absolute atomic E-state index is 13.2. The van der Waals surface area contributed by atoms with Crippen molar-refractivity contribution >= 4 is 57.9 Å². The van der Waals surface area contributed by atoms with E-state index in [4.69, 9.17) is 38.4 Å². The quantitative estimate of drug-likeness (QED) is 0.161. The van der Waals surface area contributed by atoms with E-state index in [1.807, 2.05) is 0 Å². The fourth-order valence-electron chi connectivity index (χ4n) is 3.73. The number of thioether (sulfide) groups is 1. The molecule has 0 radical (unpaired) electrons. The van der Waals surface area contributed by atoms with Gasteiger partial charge in [0.25, 0.3) is 5.91 Å². The Kier molecular flexibility index (Phi) is 9.02. The van der Waals surface area contributed by atoms with Crippen molar-refractivity contribution in [3.8, 4) is 22.8 Å². The van der Waals surface area contributed by atoms with E-state index in [-0.39, 0.29) is 46.7 Å². The standard InChI is InChI=1S/C27H20ClF3N2O5S2/c1-37-22-12-15(25(35)36)6-9-21(22)38-11-3-10-33-24(34)23(40-26(33)39)14-17-4-2-5-20(32-17)18-13-16(27(29,30)31)7-8-19(18)28/h2,4-9,12-14H,3,10-11H2,1H3,(H,35,36). The Morgan fingerprint density at radius 1 is 1.18 bits per heavy atom. The fraction of sp³-hybridized carbons (Fsp3) is 0.185. The second kappa shape index (κ2) is 12.3. The number of hydrogen-bond acceptors (Lipinski definition) is 7. The number of carbonyl (C=O) groups is 2. The Labute approximate surface area is 241 Å². The Bertz CT molecular complexity index is 1510. The third kappa shape index (κ3) is 6.75. The molecule has 0 bridgehead atoms. The molecule has 0 unspecified atom stereocenters. The number of pyridine rings is 1. The molecule has 0 atom stereocenters. The van der Waals surface area contributed by atoms with Crippen LogP contribution in [-0.4, -0.2) is 51.4 Å². The molecule has 1 aliphatic heterocycles. The van der Waals surface area contributed by atoms with Crippen molar-refractivity contribution in [3.05, 3.63) is 81.3 Å². The molecule has 3 aromatic rings. The highest BCUT2D eigenvalue weighted by Gasteiger charge is 2.32. The number of halogens is 4. The number of ether oxygens (including phenoxy) is 2. The topological polar surface area (TPSA) is 89.0 Å². The van der Waals surface area contributed by atoms with E-state index in [9.17, 15) is 22.8 Å². The van der Waals surface area contributed by atoms with E-state index in [1.54, 1.807) is 12.1 Å². The smallest absolute Gasteiger partial charge is 0.416 e. The van der Waals surface area contributed by atoms with Crippen molar-refractivity contribution in [2.24, 2.45) is 0 Å². The van der Waals surface area contributed by atoms with Gasteiger partial charge in [0.05, 0.1) is 41.1 Å². The third-order valence-electron chi connectivity index (χ3n) is 5.69. The number of aromatic nitrogens is 1. The predicted molar refractivity (Wildman–Crippen MR) is 150 cm³/mol. The molecule has 0 saturated carbocycles. The fourth-order valence-corrected chi connectivity index (χ4v) is 5.24. The number of methoxy groups -OCH3 is 1. The summed E-state index contributed by atoms with van der Waals surface area (Å²) in [5.74, 6) is -0.782. The van der Waals surface area contributed by atoms with Crippen molar-refractivity contribution < 1.29 is 37.3 Å². The zero-order chi connectivity index (χ0) is 29.0. The minimum atomic E-state index is -4.53. The van der Waals surface area contributed by atoms with Gasteiger partial charge in [-0.2, -0.15) is 13.2 Å². The molecule has 7 nitrogen and oxygen atoms in total. The normalized spacial score (nSPS) is 14.6. The lowest BCUT2D eigenvalue weighted by atomic mass is 10.1. The molecule has 208 valence electrons. The summed E-state index contributed by atoms with van der Waals surface area (Å²) >= 11 is 12.6. The van der Waals surface area contributed by atoms with E-state index in [1.165, 1.54) is 48.4 Å². The van der Waals surface area contributed by atoms with Gasteiger partial charge in [0.2, 0.25) is 0 Å². The summed E-state index contributed by atoms with van der Waals surface area (Å²) in [5, 5.41) is 9.22. The predicted octanol–water partition coefficient (Wildman–Crippen LogP) is 6.80. The van der Waals surface area contributed by atoms with Gasteiger partial charge in [0.1, 0.15) is 4.32 Å². The van der Waals surface area contributed by atoms with Gasteiger partial charge in [0, 0.05) is 17.1 Å². The average molecular weight is 609 g/mol. The molecule has 4 rings (SSSR count). The van der Waals surface area contributed by atoms with E-state index < -0.39 is 17.7 Å². The molecule has 1 N–H and O–H groups in total. The van der Waals surface area contributed by atoms with Crippen LogP contribution in [0.5, 0.6) is 11.5 Å². The molecule has 2 heterocycles. The van der Waals surface area contributed by atoms with Crippen LogP contribution in [0.3, 0.4) is 0 Å². The average Bonchev–Trinajstić information content (AvgIpc) is 3.17. The van der Waals surface area contributed by atoms with E-state index >= 15 is 0 Å². The summed E-state index contributed by atoms with van der Waals surface area (Å²) in [7, 11) is 1.40. The monoisotopic (exact) mass is 608 g/mol. The number of rotatable bonds is 9. The lowest BCUT2D eigenvalue weighted by Gasteiger charge is -2.15. The van der Waals surface area contributed by atoms with Gasteiger partial charge in [-0.3, -0.25) is 9.69 Å². The van der Waals surface area contributed by atoms with Gasteiger partial charge < -0.3 is 14.6 Å². The summed E-state index contributed by atoms with van der Waals surface area (Å²) in [6, 6.07) is 12.0. The van der Waals surface area contributed by atoms with Gasteiger partial charge in [-0.05, 0) is 61.0 Å².